The van der Waals surface area contributed by atoms with E-state index in [0.29, 0.717) is 18.5 Å². The van der Waals surface area contributed by atoms with Gasteiger partial charge < -0.3 is 15.7 Å². The number of aliphatic carboxylic acids is 1. The first-order chi connectivity index (χ1) is 8.47. The summed E-state index contributed by atoms with van der Waals surface area (Å²) in [7, 11) is 2.02. The molecule has 1 saturated heterocycles. The number of likely N-dealkylation sites (tertiary alicyclic amines) is 1. The number of carbonyl (C=O) groups is 1. The smallest absolute Gasteiger partial charge is 0.314 e. The number of para-hydroxylation sites is 1. The number of carboxylic acid groups (broad SMARTS) is 1. The SMILES string of the molecule is Cc1cccc(C2(C(=O)O)CCN(C)CC2)c1N. The number of benzene rings is 1. The Morgan fingerprint density at radius 1 is 1.39 bits per heavy atom. The van der Waals surface area contributed by atoms with Crippen molar-refractivity contribution in [2.75, 3.05) is 25.9 Å². The molecular formula is C14H20N2O2. The first-order valence-corrected chi connectivity index (χ1v) is 6.25. The van der Waals surface area contributed by atoms with Crippen molar-refractivity contribution in [3.05, 3.63) is 29.3 Å². The third-order valence-corrected chi connectivity index (χ3v) is 4.09. The summed E-state index contributed by atoms with van der Waals surface area (Å²) in [5, 5.41) is 9.67. The second kappa shape index (κ2) is 4.61. The molecule has 0 unspecified atom stereocenters. The van der Waals surface area contributed by atoms with E-state index in [1.807, 2.05) is 32.2 Å². The Bertz CT molecular complexity index is 463. The van der Waals surface area contributed by atoms with Gasteiger partial charge in [-0.05, 0) is 51.0 Å². The van der Waals surface area contributed by atoms with Gasteiger partial charge in [0.2, 0.25) is 0 Å². The van der Waals surface area contributed by atoms with E-state index in [9.17, 15) is 9.90 Å². The largest absolute Gasteiger partial charge is 0.481 e. The summed E-state index contributed by atoms with van der Waals surface area (Å²) < 4.78 is 0. The average molecular weight is 248 g/mol. The third-order valence-electron chi connectivity index (χ3n) is 4.09. The van der Waals surface area contributed by atoms with Crippen LogP contribution in [-0.4, -0.2) is 36.1 Å². The quantitative estimate of drug-likeness (QED) is 0.781. The number of piperidine rings is 1. The molecule has 0 saturated carbocycles. The molecule has 1 heterocycles. The highest BCUT2D eigenvalue weighted by atomic mass is 16.4. The normalized spacial score (nSPS) is 19.7. The highest BCUT2D eigenvalue weighted by Crippen LogP contribution is 2.39. The van der Waals surface area contributed by atoms with E-state index in [1.54, 1.807) is 0 Å². The van der Waals surface area contributed by atoms with Gasteiger partial charge in [-0.2, -0.15) is 0 Å². The maximum Gasteiger partial charge on any atom is 0.314 e. The molecule has 1 aliphatic rings. The monoisotopic (exact) mass is 248 g/mol. The lowest BCUT2D eigenvalue weighted by molar-refractivity contribution is -0.145. The van der Waals surface area contributed by atoms with E-state index in [-0.39, 0.29) is 0 Å². The fraction of sp³-hybridized carbons (Fsp3) is 0.500. The van der Waals surface area contributed by atoms with Gasteiger partial charge >= 0.3 is 5.97 Å². The van der Waals surface area contributed by atoms with E-state index < -0.39 is 11.4 Å². The van der Waals surface area contributed by atoms with Crippen LogP contribution in [0.5, 0.6) is 0 Å². The van der Waals surface area contributed by atoms with Crippen LogP contribution in [0.25, 0.3) is 0 Å². The fourth-order valence-electron chi connectivity index (χ4n) is 2.70. The molecule has 1 aliphatic heterocycles. The van der Waals surface area contributed by atoms with Gasteiger partial charge in [0.25, 0.3) is 0 Å². The van der Waals surface area contributed by atoms with E-state index in [0.717, 1.165) is 24.2 Å². The molecule has 18 heavy (non-hydrogen) atoms. The number of nitrogens with zero attached hydrogens (tertiary/aromatic N) is 1. The molecule has 0 bridgehead atoms. The molecule has 4 heteroatoms. The predicted molar refractivity (Wildman–Crippen MR) is 71.6 cm³/mol. The molecule has 98 valence electrons. The molecule has 0 radical (unpaired) electrons. The van der Waals surface area contributed by atoms with Crippen molar-refractivity contribution in [3.8, 4) is 0 Å². The maximum atomic E-state index is 11.8. The van der Waals surface area contributed by atoms with E-state index in [4.69, 9.17) is 5.73 Å². The number of anilines is 1. The van der Waals surface area contributed by atoms with E-state index in [1.165, 1.54) is 0 Å². The Morgan fingerprint density at radius 2 is 2.00 bits per heavy atom. The number of hydrogen-bond acceptors (Lipinski definition) is 3. The maximum absolute atomic E-state index is 11.8. The molecule has 0 amide bonds. The van der Waals surface area contributed by atoms with Gasteiger partial charge in [-0.25, -0.2) is 0 Å². The van der Waals surface area contributed by atoms with E-state index >= 15 is 0 Å². The first kappa shape index (κ1) is 12.9. The minimum atomic E-state index is -0.817. The lowest BCUT2D eigenvalue weighted by Gasteiger charge is -2.38. The van der Waals surface area contributed by atoms with Crippen LogP contribution in [0, 0.1) is 6.92 Å². The lowest BCUT2D eigenvalue weighted by Crippen LogP contribution is -2.46. The third kappa shape index (κ3) is 1.97. The van der Waals surface area contributed by atoms with Crippen molar-refractivity contribution in [1.82, 2.24) is 4.90 Å². The molecule has 1 fully saturated rings. The number of aryl methyl sites for hydroxylation is 1. The zero-order chi connectivity index (χ0) is 13.3. The van der Waals surface area contributed by atoms with Gasteiger partial charge in [-0.1, -0.05) is 18.2 Å². The second-order valence-electron chi connectivity index (χ2n) is 5.23. The predicted octanol–water partition coefficient (Wildman–Crippen LogP) is 1.63. The summed E-state index contributed by atoms with van der Waals surface area (Å²) in [5.41, 5.74) is 7.64. The minimum Gasteiger partial charge on any atom is -0.481 e. The topological polar surface area (TPSA) is 66.6 Å². The summed E-state index contributed by atoms with van der Waals surface area (Å²) in [6.07, 6.45) is 1.24. The molecule has 0 spiro atoms. The Labute approximate surface area is 107 Å². The van der Waals surface area contributed by atoms with Crippen molar-refractivity contribution in [2.45, 2.75) is 25.2 Å². The Balaban J connectivity index is 2.48. The van der Waals surface area contributed by atoms with Crippen LogP contribution < -0.4 is 5.73 Å². The molecule has 3 N–H and O–H groups in total. The number of hydrogen-bond donors (Lipinski definition) is 2. The van der Waals surface area contributed by atoms with Crippen LogP contribution in [0.4, 0.5) is 5.69 Å². The van der Waals surface area contributed by atoms with Gasteiger partial charge in [0.05, 0.1) is 5.41 Å². The molecule has 0 atom stereocenters. The number of rotatable bonds is 2. The van der Waals surface area contributed by atoms with E-state index in [2.05, 4.69) is 4.90 Å². The number of nitrogens with two attached hydrogens (primary N) is 1. The molecule has 2 rings (SSSR count). The van der Waals surface area contributed by atoms with Crippen LogP contribution in [0.2, 0.25) is 0 Å². The molecule has 1 aromatic rings. The van der Waals surface area contributed by atoms with Crippen LogP contribution in [0.3, 0.4) is 0 Å². The van der Waals surface area contributed by atoms with Crippen LogP contribution in [0.1, 0.15) is 24.0 Å². The average Bonchev–Trinajstić information content (AvgIpc) is 2.34. The second-order valence-corrected chi connectivity index (χ2v) is 5.23. The summed E-state index contributed by atoms with van der Waals surface area (Å²) in [6, 6.07) is 5.68. The van der Waals surface area contributed by atoms with Gasteiger partial charge in [-0.3, -0.25) is 4.79 Å². The lowest BCUT2D eigenvalue weighted by atomic mass is 9.72. The minimum absolute atomic E-state index is 0.618. The van der Waals surface area contributed by atoms with Gasteiger partial charge in [0, 0.05) is 5.69 Å². The van der Waals surface area contributed by atoms with Crippen molar-refractivity contribution >= 4 is 11.7 Å². The molecule has 0 aliphatic carbocycles. The molecular weight excluding hydrogens is 228 g/mol. The summed E-state index contributed by atoms with van der Waals surface area (Å²) in [4.78, 5) is 13.9. The number of nitrogen functional groups attached to an aromatic ring is 1. The zero-order valence-electron chi connectivity index (χ0n) is 10.9. The molecule has 0 aromatic heterocycles. The summed E-state index contributed by atoms with van der Waals surface area (Å²) >= 11 is 0. The summed E-state index contributed by atoms with van der Waals surface area (Å²) in [5.74, 6) is -0.757. The van der Waals surface area contributed by atoms with Gasteiger partial charge in [-0.15, -0.1) is 0 Å². The zero-order valence-corrected chi connectivity index (χ0v) is 10.9. The van der Waals surface area contributed by atoms with Crippen molar-refractivity contribution in [3.63, 3.8) is 0 Å². The van der Waals surface area contributed by atoms with Crippen LogP contribution >= 0.6 is 0 Å². The van der Waals surface area contributed by atoms with Crippen molar-refractivity contribution in [2.24, 2.45) is 0 Å². The Morgan fingerprint density at radius 3 is 2.56 bits per heavy atom. The van der Waals surface area contributed by atoms with Crippen LogP contribution in [-0.2, 0) is 10.2 Å². The molecule has 1 aromatic carbocycles. The highest BCUT2D eigenvalue weighted by Gasteiger charge is 2.43. The summed E-state index contributed by atoms with van der Waals surface area (Å²) in [6.45, 7) is 3.50. The highest BCUT2D eigenvalue weighted by molar-refractivity contribution is 5.84. The molecule has 4 nitrogen and oxygen atoms in total. The number of carboxylic acids is 1. The first-order valence-electron chi connectivity index (χ1n) is 6.25. The Kier molecular flexibility index (Phi) is 3.30. The standard InChI is InChI=1S/C14H20N2O2/c1-10-4-3-5-11(12(10)15)14(13(17)18)6-8-16(2)9-7-14/h3-5H,6-9,15H2,1-2H3,(H,17,18). The fourth-order valence-corrected chi connectivity index (χ4v) is 2.70. The van der Waals surface area contributed by atoms with Gasteiger partial charge in [0.1, 0.15) is 0 Å². The van der Waals surface area contributed by atoms with Gasteiger partial charge in [0.15, 0.2) is 0 Å². The van der Waals surface area contributed by atoms with Crippen molar-refractivity contribution < 1.29 is 9.90 Å². The van der Waals surface area contributed by atoms with Crippen LogP contribution in [0.15, 0.2) is 18.2 Å². The Hall–Kier alpha value is -1.55. The van der Waals surface area contributed by atoms with Crippen molar-refractivity contribution in [1.29, 1.82) is 0 Å².